The van der Waals surface area contributed by atoms with E-state index < -0.39 is 0 Å². The van der Waals surface area contributed by atoms with Crippen LogP contribution in [0.2, 0.25) is 0 Å². The predicted octanol–water partition coefficient (Wildman–Crippen LogP) is 0.911. The summed E-state index contributed by atoms with van der Waals surface area (Å²) in [5.74, 6) is 0. The normalized spacial score (nSPS) is 42.7. The van der Waals surface area contributed by atoms with E-state index in [1.807, 2.05) is 0 Å². The number of nitrogens with one attached hydrogen (secondary N) is 1. The molecule has 0 aromatic carbocycles. The molecule has 0 aliphatic carbocycles. The lowest BCUT2D eigenvalue weighted by Crippen LogP contribution is -2.50. The molecule has 2 bridgehead atoms. The second kappa shape index (κ2) is 2.27. The Balaban J connectivity index is 1.96. The number of fused-ring (bicyclic) bond motifs is 2. The Morgan fingerprint density at radius 3 is 3.22 bits per heavy atom. The molecule has 2 saturated heterocycles. The molecule has 2 aliphatic heterocycles. The third-order valence-corrected chi connectivity index (χ3v) is 2.16. The zero-order valence-electron chi connectivity index (χ0n) is 5.64. The van der Waals surface area contributed by atoms with Crippen LogP contribution in [0, 0.1) is 6.54 Å². The number of nitrogens with zero attached hydrogens (tertiary/aromatic N) is 1. The first-order valence-corrected chi connectivity index (χ1v) is 3.81. The van der Waals surface area contributed by atoms with E-state index in [-0.39, 0.29) is 0 Å². The van der Waals surface area contributed by atoms with Crippen molar-refractivity contribution in [3.8, 4) is 0 Å². The maximum Gasteiger partial charge on any atom is 0.0413 e. The minimum absolute atomic E-state index is 0.795. The molecule has 1 N–H and O–H groups in total. The number of hydrogen-bond acceptors (Lipinski definition) is 2. The van der Waals surface area contributed by atoms with Crippen LogP contribution >= 0.6 is 0 Å². The summed E-state index contributed by atoms with van der Waals surface area (Å²) in [6.45, 7) is 3.49. The van der Waals surface area contributed by atoms with Crippen LogP contribution in [-0.4, -0.2) is 17.6 Å². The lowest BCUT2D eigenvalue weighted by Gasteiger charge is -2.38. The van der Waals surface area contributed by atoms with Crippen LogP contribution in [-0.2, 0) is 0 Å². The van der Waals surface area contributed by atoms with Crippen LogP contribution in [0.1, 0.15) is 25.7 Å². The first-order chi connectivity index (χ1) is 4.45. The Bertz CT molecular complexity index is 83.1. The summed E-state index contributed by atoms with van der Waals surface area (Å²) in [4.78, 5) is 0. The summed E-state index contributed by atoms with van der Waals surface area (Å²) in [5.41, 5.74) is 3.43. The average Bonchev–Trinajstić information content (AvgIpc) is 1.88. The number of hydrazine groups is 1. The molecule has 2 aliphatic rings. The van der Waals surface area contributed by atoms with Crippen molar-refractivity contribution in [1.29, 1.82) is 0 Å². The van der Waals surface area contributed by atoms with E-state index in [1.54, 1.807) is 0 Å². The SMILES string of the molecule is [CH]1CCC2CCCN1N2. The van der Waals surface area contributed by atoms with Gasteiger partial charge >= 0.3 is 0 Å². The fourth-order valence-corrected chi connectivity index (χ4v) is 1.66. The van der Waals surface area contributed by atoms with Gasteiger partial charge < -0.3 is 0 Å². The van der Waals surface area contributed by atoms with Gasteiger partial charge in [-0.15, -0.1) is 0 Å². The van der Waals surface area contributed by atoms with Gasteiger partial charge in [-0.3, -0.25) is 5.43 Å². The van der Waals surface area contributed by atoms with Crippen molar-refractivity contribution in [3.63, 3.8) is 0 Å². The van der Waals surface area contributed by atoms with Crippen molar-refractivity contribution in [2.24, 2.45) is 0 Å². The molecule has 0 aromatic rings. The maximum atomic E-state index is 3.43. The molecule has 2 heterocycles. The minimum Gasteiger partial charge on any atom is -0.252 e. The maximum absolute atomic E-state index is 3.43. The summed E-state index contributed by atoms with van der Waals surface area (Å²) >= 11 is 0. The standard InChI is InChI=1S/C7H13N2/c1-3-7-4-2-6-9(5-1)8-7/h5,7-8H,1-4,6H2. The lowest BCUT2D eigenvalue weighted by atomic mass is 10.0. The molecule has 2 unspecified atom stereocenters. The molecule has 0 aromatic heterocycles. The summed E-state index contributed by atoms with van der Waals surface area (Å²) in [6.07, 6.45) is 5.37. The van der Waals surface area contributed by atoms with Gasteiger partial charge in [0.05, 0.1) is 0 Å². The largest absolute Gasteiger partial charge is 0.252 e. The van der Waals surface area contributed by atoms with E-state index in [4.69, 9.17) is 0 Å². The molecular formula is C7H13N2. The summed E-state index contributed by atoms with van der Waals surface area (Å²) in [6, 6.07) is 0.795. The van der Waals surface area contributed by atoms with Gasteiger partial charge in [0.15, 0.2) is 0 Å². The first-order valence-electron chi connectivity index (χ1n) is 3.81. The molecule has 2 nitrogen and oxygen atoms in total. The summed E-state index contributed by atoms with van der Waals surface area (Å²) in [7, 11) is 0. The Morgan fingerprint density at radius 1 is 1.44 bits per heavy atom. The number of hydrogen-bond donors (Lipinski definition) is 1. The zero-order chi connectivity index (χ0) is 6.10. The smallest absolute Gasteiger partial charge is 0.0413 e. The molecular weight excluding hydrogens is 112 g/mol. The third-order valence-electron chi connectivity index (χ3n) is 2.16. The van der Waals surface area contributed by atoms with Crippen LogP contribution in [0.4, 0.5) is 0 Å². The van der Waals surface area contributed by atoms with Crippen LogP contribution in [0.25, 0.3) is 0 Å². The van der Waals surface area contributed by atoms with Crippen molar-refractivity contribution >= 4 is 0 Å². The van der Waals surface area contributed by atoms with Gasteiger partial charge in [0, 0.05) is 19.1 Å². The van der Waals surface area contributed by atoms with Crippen LogP contribution in [0.15, 0.2) is 0 Å². The van der Waals surface area contributed by atoms with Crippen LogP contribution in [0.5, 0.6) is 0 Å². The number of rotatable bonds is 0. The molecule has 2 rings (SSSR count). The van der Waals surface area contributed by atoms with E-state index in [0.29, 0.717) is 0 Å². The van der Waals surface area contributed by atoms with Crippen molar-refractivity contribution < 1.29 is 0 Å². The fraction of sp³-hybridized carbons (Fsp3) is 0.857. The van der Waals surface area contributed by atoms with Gasteiger partial charge in [-0.1, -0.05) is 0 Å². The topological polar surface area (TPSA) is 15.3 Å². The highest BCUT2D eigenvalue weighted by atomic mass is 15.5. The molecule has 2 heteroatoms. The van der Waals surface area contributed by atoms with Gasteiger partial charge in [-0.05, 0) is 25.7 Å². The van der Waals surface area contributed by atoms with Gasteiger partial charge in [0.1, 0.15) is 0 Å². The van der Waals surface area contributed by atoms with Crippen LogP contribution < -0.4 is 5.43 Å². The quantitative estimate of drug-likeness (QED) is 0.517. The van der Waals surface area contributed by atoms with E-state index in [9.17, 15) is 0 Å². The molecule has 1 radical (unpaired) electrons. The van der Waals surface area contributed by atoms with Gasteiger partial charge in [0.25, 0.3) is 0 Å². The third kappa shape index (κ3) is 1.10. The Labute approximate surface area is 56.2 Å². The van der Waals surface area contributed by atoms with E-state index in [0.717, 1.165) is 6.04 Å². The second-order valence-electron chi connectivity index (χ2n) is 2.92. The fourth-order valence-electron chi connectivity index (χ4n) is 1.66. The highest BCUT2D eigenvalue weighted by molar-refractivity contribution is 4.82. The van der Waals surface area contributed by atoms with E-state index >= 15 is 0 Å². The van der Waals surface area contributed by atoms with Crippen molar-refractivity contribution in [1.82, 2.24) is 10.4 Å². The van der Waals surface area contributed by atoms with Crippen LogP contribution in [0.3, 0.4) is 0 Å². The average molecular weight is 125 g/mol. The minimum atomic E-state index is 0.795. The molecule has 0 saturated carbocycles. The second-order valence-corrected chi connectivity index (χ2v) is 2.92. The van der Waals surface area contributed by atoms with E-state index in [1.165, 1.54) is 32.2 Å². The molecule has 2 fully saturated rings. The van der Waals surface area contributed by atoms with Gasteiger partial charge in [-0.25, -0.2) is 5.01 Å². The predicted molar refractivity (Wildman–Crippen MR) is 36.4 cm³/mol. The Morgan fingerprint density at radius 2 is 2.44 bits per heavy atom. The molecule has 2 atom stereocenters. The van der Waals surface area contributed by atoms with Crippen molar-refractivity contribution in [3.05, 3.63) is 6.54 Å². The highest BCUT2D eigenvalue weighted by Crippen LogP contribution is 2.19. The summed E-state index contributed by atoms with van der Waals surface area (Å²) in [5, 5.41) is 2.25. The van der Waals surface area contributed by atoms with E-state index in [2.05, 4.69) is 17.0 Å². The monoisotopic (exact) mass is 125 g/mol. The van der Waals surface area contributed by atoms with Crippen molar-refractivity contribution in [2.75, 3.05) is 6.54 Å². The lowest BCUT2D eigenvalue weighted by molar-refractivity contribution is 0.108. The Kier molecular flexibility index (Phi) is 1.44. The Hall–Kier alpha value is -0.0800. The van der Waals surface area contributed by atoms with Gasteiger partial charge in [-0.2, -0.15) is 0 Å². The summed E-state index contributed by atoms with van der Waals surface area (Å²) < 4.78 is 0. The molecule has 0 spiro atoms. The van der Waals surface area contributed by atoms with Crippen molar-refractivity contribution in [2.45, 2.75) is 31.7 Å². The first kappa shape index (κ1) is 5.69. The highest BCUT2D eigenvalue weighted by Gasteiger charge is 2.22. The molecule has 9 heavy (non-hydrogen) atoms. The zero-order valence-corrected chi connectivity index (χ0v) is 5.64. The van der Waals surface area contributed by atoms with Gasteiger partial charge in [0.2, 0.25) is 0 Å². The molecule has 51 valence electrons. The molecule has 0 amide bonds.